The molecule has 4 aromatic carbocycles. The highest BCUT2D eigenvalue weighted by Gasteiger charge is 2.13. The van der Waals surface area contributed by atoms with Gasteiger partial charge >= 0.3 is 0 Å². The second kappa shape index (κ2) is 15.5. The van der Waals surface area contributed by atoms with Crippen LogP contribution in [0.25, 0.3) is 6.08 Å². The van der Waals surface area contributed by atoms with Crippen LogP contribution in [0.15, 0.2) is 96.6 Å². The summed E-state index contributed by atoms with van der Waals surface area (Å²) in [6, 6.07) is 29.8. The van der Waals surface area contributed by atoms with Crippen LogP contribution in [0.4, 0.5) is 5.69 Å². The first-order valence-electron chi connectivity index (χ1n) is 13.9. The van der Waals surface area contributed by atoms with Crippen molar-refractivity contribution in [2.45, 2.75) is 27.1 Å². The fourth-order valence-corrected chi connectivity index (χ4v) is 4.13. The third kappa shape index (κ3) is 8.78. The van der Waals surface area contributed by atoms with Crippen LogP contribution >= 0.6 is 0 Å². The van der Waals surface area contributed by atoms with Crippen molar-refractivity contribution in [2.24, 2.45) is 0 Å². The number of ether oxygens (including phenoxy) is 5. The molecule has 43 heavy (non-hydrogen) atoms. The van der Waals surface area contributed by atoms with Crippen LogP contribution in [0.1, 0.15) is 30.5 Å². The summed E-state index contributed by atoms with van der Waals surface area (Å²) in [6.07, 6.45) is 1.50. The van der Waals surface area contributed by atoms with Crippen LogP contribution in [-0.2, 0) is 18.0 Å². The number of nitriles is 1. The zero-order valence-corrected chi connectivity index (χ0v) is 24.5. The van der Waals surface area contributed by atoms with Crippen molar-refractivity contribution < 1.29 is 28.5 Å². The number of carbonyl (C=O) groups excluding carboxylic acids is 1. The van der Waals surface area contributed by atoms with Crippen molar-refractivity contribution in [2.75, 3.05) is 25.6 Å². The third-order valence-electron chi connectivity index (χ3n) is 6.23. The molecule has 4 aromatic rings. The van der Waals surface area contributed by atoms with Gasteiger partial charge in [0.15, 0.2) is 23.0 Å². The topological polar surface area (TPSA) is 99.0 Å². The maximum atomic E-state index is 12.7. The summed E-state index contributed by atoms with van der Waals surface area (Å²) in [5.41, 5.74) is 3.07. The Morgan fingerprint density at radius 1 is 0.744 bits per heavy atom. The first kappa shape index (κ1) is 30.5. The van der Waals surface area contributed by atoms with Crippen LogP contribution in [0, 0.1) is 11.3 Å². The fourth-order valence-electron chi connectivity index (χ4n) is 4.13. The monoisotopic (exact) mass is 578 g/mol. The van der Waals surface area contributed by atoms with Crippen molar-refractivity contribution in [3.63, 3.8) is 0 Å². The summed E-state index contributed by atoms with van der Waals surface area (Å²) in [7, 11) is 1.53. The van der Waals surface area contributed by atoms with E-state index in [9.17, 15) is 10.1 Å². The Morgan fingerprint density at radius 3 is 2.09 bits per heavy atom. The summed E-state index contributed by atoms with van der Waals surface area (Å²) in [5.74, 6) is 2.45. The van der Waals surface area contributed by atoms with Crippen molar-refractivity contribution in [3.05, 3.63) is 113 Å². The van der Waals surface area contributed by atoms with Gasteiger partial charge in [-0.2, -0.15) is 5.26 Å². The molecule has 8 heteroatoms. The van der Waals surface area contributed by atoms with E-state index in [2.05, 4.69) is 5.32 Å². The Balaban J connectivity index is 1.42. The number of hydrogen-bond donors (Lipinski definition) is 1. The molecule has 8 nitrogen and oxygen atoms in total. The second-order valence-corrected chi connectivity index (χ2v) is 9.27. The molecule has 0 saturated heterocycles. The number of amides is 1. The molecule has 0 aliphatic rings. The van der Waals surface area contributed by atoms with Gasteiger partial charge in [-0.15, -0.1) is 0 Å². The summed E-state index contributed by atoms with van der Waals surface area (Å²) in [5, 5.41) is 12.4. The molecule has 0 aliphatic heterocycles. The molecule has 0 saturated carbocycles. The number of benzene rings is 4. The second-order valence-electron chi connectivity index (χ2n) is 9.27. The van der Waals surface area contributed by atoms with Gasteiger partial charge in [-0.25, -0.2) is 0 Å². The molecule has 4 rings (SSSR count). The Hall–Kier alpha value is -5.42. The Labute approximate surface area is 252 Å². The number of carbonyl (C=O) groups is 1. The van der Waals surface area contributed by atoms with E-state index in [1.807, 2.05) is 68.4 Å². The zero-order valence-electron chi connectivity index (χ0n) is 24.5. The number of nitrogens with one attached hydrogen (secondary N) is 1. The quantitative estimate of drug-likeness (QED) is 0.125. The fraction of sp³-hybridized carbons (Fsp3) is 0.200. The number of anilines is 1. The summed E-state index contributed by atoms with van der Waals surface area (Å²) < 4.78 is 28.8. The van der Waals surface area contributed by atoms with Gasteiger partial charge in [-0.3, -0.25) is 4.79 Å². The van der Waals surface area contributed by atoms with E-state index < -0.39 is 5.91 Å². The Kier molecular flexibility index (Phi) is 11.0. The van der Waals surface area contributed by atoms with Crippen LogP contribution in [0.5, 0.6) is 28.7 Å². The first-order valence-corrected chi connectivity index (χ1v) is 13.9. The highest BCUT2D eigenvalue weighted by Crippen LogP contribution is 2.32. The van der Waals surface area contributed by atoms with Crippen molar-refractivity contribution >= 4 is 17.7 Å². The predicted octanol–water partition coefficient (Wildman–Crippen LogP) is 7.20. The Bertz CT molecular complexity index is 1580. The van der Waals surface area contributed by atoms with E-state index in [4.69, 9.17) is 23.7 Å². The maximum absolute atomic E-state index is 12.7. The molecule has 0 radical (unpaired) electrons. The molecule has 220 valence electrons. The lowest BCUT2D eigenvalue weighted by atomic mass is 10.1. The summed E-state index contributed by atoms with van der Waals surface area (Å²) in [6.45, 7) is 5.57. The SMILES string of the molecule is CCOc1ccc(NC(=O)/C(C#N)=C/c2ccc(OCc3ccc(OCc4ccccc4)c(OCC)c3)c(OC)c2)cc1. The number of rotatable bonds is 14. The van der Waals surface area contributed by atoms with Gasteiger partial charge in [0, 0.05) is 5.69 Å². The van der Waals surface area contributed by atoms with Crippen LogP contribution in [-0.4, -0.2) is 26.2 Å². The smallest absolute Gasteiger partial charge is 0.266 e. The lowest BCUT2D eigenvalue weighted by Gasteiger charge is -2.15. The van der Waals surface area contributed by atoms with Crippen molar-refractivity contribution in [1.29, 1.82) is 5.26 Å². The van der Waals surface area contributed by atoms with Gasteiger partial charge in [-0.05, 0) is 85.1 Å². The van der Waals surface area contributed by atoms with Crippen LogP contribution < -0.4 is 29.0 Å². The molecule has 0 heterocycles. The van der Waals surface area contributed by atoms with Crippen molar-refractivity contribution in [3.8, 4) is 34.8 Å². The Morgan fingerprint density at radius 2 is 1.42 bits per heavy atom. The minimum Gasteiger partial charge on any atom is -0.494 e. The van der Waals surface area contributed by atoms with Gasteiger partial charge in [-0.1, -0.05) is 42.5 Å². The van der Waals surface area contributed by atoms with Gasteiger partial charge in [0.1, 0.15) is 30.6 Å². The standard InChI is InChI=1S/C35H34N2O6/c1-4-40-30-15-13-29(14-16-30)37-35(38)28(22-36)19-26-11-17-31(33(20-26)39-3)43-24-27-12-18-32(34(21-27)41-5-2)42-23-25-9-7-6-8-10-25/h6-21H,4-5,23-24H2,1-3H3,(H,37,38)/b28-19+. The maximum Gasteiger partial charge on any atom is 0.266 e. The molecule has 0 atom stereocenters. The minimum atomic E-state index is -0.521. The molecule has 0 fully saturated rings. The average molecular weight is 579 g/mol. The van der Waals surface area contributed by atoms with E-state index in [1.165, 1.54) is 13.2 Å². The van der Waals surface area contributed by atoms with E-state index in [0.29, 0.717) is 59.8 Å². The van der Waals surface area contributed by atoms with Gasteiger partial charge in [0.2, 0.25) is 0 Å². The van der Waals surface area contributed by atoms with E-state index in [0.717, 1.165) is 11.1 Å². The minimum absolute atomic E-state index is 0.0531. The lowest BCUT2D eigenvalue weighted by molar-refractivity contribution is -0.112. The van der Waals surface area contributed by atoms with Gasteiger partial charge < -0.3 is 29.0 Å². The molecule has 0 spiro atoms. The third-order valence-corrected chi connectivity index (χ3v) is 6.23. The molecule has 0 unspecified atom stereocenters. The molecule has 1 N–H and O–H groups in total. The summed E-state index contributed by atoms with van der Waals surface area (Å²) >= 11 is 0. The zero-order chi connectivity index (χ0) is 30.4. The highest BCUT2D eigenvalue weighted by atomic mass is 16.5. The molecule has 1 amide bonds. The largest absolute Gasteiger partial charge is 0.494 e. The van der Waals surface area contributed by atoms with Crippen molar-refractivity contribution in [1.82, 2.24) is 0 Å². The number of nitrogens with zero attached hydrogens (tertiary/aromatic N) is 1. The van der Waals surface area contributed by atoms with Crippen LogP contribution in [0.2, 0.25) is 0 Å². The number of methoxy groups -OCH3 is 1. The van der Waals surface area contributed by atoms with E-state index in [-0.39, 0.29) is 12.2 Å². The van der Waals surface area contributed by atoms with E-state index >= 15 is 0 Å². The molecular weight excluding hydrogens is 544 g/mol. The highest BCUT2D eigenvalue weighted by molar-refractivity contribution is 6.09. The summed E-state index contributed by atoms with van der Waals surface area (Å²) in [4.78, 5) is 12.7. The molecule has 0 bridgehead atoms. The molecule has 0 aromatic heterocycles. The lowest BCUT2D eigenvalue weighted by Crippen LogP contribution is -2.13. The van der Waals surface area contributed by atoms with Gasteiger partial charge in [0.05, 0.1) is 20.3 Å². The molecular formula is C35H34N2O6. The number of hydrogen-bond acceptors (Lipinski definition) is 7. The first-order chi connectivity index (χ1) is 21.0. The normalized spacial score (nSPS) is 10.8. The van der Waals surface area contributed by atoms with Gasteiger partial charge in [0.25, 0.3) is 5.91 Å². The predicted molar refractivity (Wildman–Crippen MR) is 166 cm³/mol. The average Bonchev–Trinajstić information content (AvgIpc) is 3.04. The molecule has 0 aliphatic carbocycles. The van der Waals surface area contributed by atoms with Crippen LogP contribution in [0.3, 0.4) is 0 Å². The van der Waals surface area contributed by atoms with E-state index in [1.54, 1.807) is 42.5 Å².